The number of benzene rings is 2. The molecule has 0 radical (unpaired) electrons. The Hall–Kier alpha value is -2.69. The molecule has 1 fully saturated rings. The molecule has 0 unspecified atom stereocenters. The van der Waals surface area contributed by atoms with Gasteiger partial charge >= 0.3 is 0 Å². The summed E-state index contributed by atoms with van der Waals surface area (Å²) in [5.74, 6) is -1.92. The standard InChI is InChI=1S/C21H21F2N3O4S/c1-14-3-6-18(7-4-14)31(27,28)29-11-16-10-21(30-15(16)2,26-13-24-12-25-26)19-8-5-17(22)9-20(19)23/h3-9,12-13,15-16H,10-11H2,1-2H3/t15-,16+,21-/m1/s1. The first-order valence-electron chi connectivity index (χ1n) is 9.66. The molecule has 0 amide bonds. The van der Waals surface area contributed by atoms with Gasteiger partial charge in [0.05, 0.1) is 17.6 Å². The fourth-order valence-electron chi connectivity index (χ4n) is 3.76. The van der Waals surface area contributed by atoms with Crippen LogP contribution in [0, 0.1) is 24.5 Å². The van der Waals surface area contributed by atoms with E-state index >= 15 is 0 Å². The van der Waals surface area contributed by atoms with Crippen molar-refractivity contribution in [1.82, 2.24) is 14.8 Å². The molecule has 31 heavy (non-hydrogen) atoms. The minimum absolute atomic E-state index is 0.0526. The Kier molecular flexibility index (Phi) is 5.63. The van der Waals surface area contributed by atoms with Gasteiger partial charge < -0.3 is 4.74 Å². The van der Waals surface area contributed by atoms with Gasteiger partial charge in [-0.2, -0.15) is 13.5 Å². The summed E-state index contributed by atoms with van der Waals surface area (Å²) in [6.07, 6.45) is 2.32. The normalized spacial score (nSPS) is 23.9. The molecule has 3 atom stereocenters. The Morgan fingerprint density at radius 3 is 2.61 bits per heavy atom. The van der Waals surface area contributed by atoms with Crippen molar-refractivity contribution < 1.29 is 26.1 Å². The van der Waals surface area contributed by atoms with E-state index in [1.807, 2.05) is 6.92 Å². The van der Waals surface area contributed by atoms with Crippen LogP contribution in [-0.4, -0.2) is 35.9 Å². The Balaban J connectivity index is 1.61. The summed E-state index contributed by atoms with van der Waals surface area (Å²) in [5.41, 5.74) is -0.402. The zero-order valence-corrected chi connectivity index (χ0v) is 17.7. The lowest BCUT2D eigenvalue weighted by atomic mass is 9.92. The molecule has 2 heterocycles. The maximum atomic E-state index is 14.7. The van der Waals surface area contributed by atoms with Crippen LogP contribution in [0.2, 0.25) is 0 Å². The van der Waals surface area contributed by atoms with Crippen molar-refractivity contribution in [2.24, 2.45) is 5.92 Å². The number of nitrogens with zero attached hydrogens (tertiary/aromatic N) is 3. The monoisotopic (exact) mass is 449 g/mol. The first-order valence-corrected chi connectivity index (χ1v) is 11.1. The van der Waals surface area contributed by atoms with E-state index in [2.05, 4.69) is 10.1 Å². The zero-order chi connectivity index (χ0) is 22.2. The van der Waals surface area contributed by atoms with Crippen LogP contribution in [0.25, 0.3) is 0 Å². The van der Waals surface area contributed by atoms with Gasteiger partial charge in [-0.25, -0.2) is 18.4 Å². The highest BCUT2D eigenvalue weighted by Crippen LogP contribution is 2.44. The number of hydrogen-bond donors (Lipinski definition) is 0. The van der Waals surface area contributed by atoms with E-state index in [-0.39, 0.29) is 23.5 Å². The van der Waals surface area contributed by atoms with Gasteiger partial charge in [-0.3, -0.25) is 4.18 Å². The summed E-state index contributed by atoms with van der Waals surface area (Å²) in [6.45, 7) is 3.43. The predicted molar refractivity (Wildman–Crippen MR) is 106 cm³/mol. The van der Waals surface area contributed by atoms with Crippen molar-refractivity contribution >= 4 is 10.1 Å². The fourth-order valence-corrected chi connectivity index (χ4v) is 4.72. The smallest absolute Gasteiger partial charge is 0.296 e. The van der Waals surface area contributed by atoms with E-state index in [0.29, 0.717) is 0 Å². The van der Waals surface area contributed by atoms with Crippen molar-refractivity contribution in [3.8, 4) is 0 Å². The summed E-state index contributed by atoms with van der Waals surface area (Å²) in [7, 11) is -3.97. The molecule has 0 bridgehead atoms. The molecule has 7 nitrogen and oxygen atoms in total. The van der Waals surface area contributed by atoms with Crippen molar-refractivity contribution in [2.45, 2.75) is 37.0 Å². The summed E-state index contributed by atoms with van der Waals surface area (Å²) in [4.78, 5) is 3.97. The molecule has 10 heteroatoms. The molecule has 1 aromatic heterocycles. The lowest BCUT2D eigenvalue weighted by Gasteiger charge is -2.30. The number of ether oxygens (including phenoxy) is 1. The van der Waals surface area contributed by atoms with E-state index in [0.717, 1.165) is 17.7 Å². The number of rotatable bonds is 6. The third-order valence-electron chi connectivity index (χ3n) is 5.47. The van der Waals surface area contributed by atoms with Crippen LogP contribution in [0.15, 0.2) is 60.0 Å². The van der Waals surface area contributed by atoms with Crippen LogP contribution >= 0.6 is 0 Å². The van der Waals surface area contributed by atoms with Gasteiger partial charge in [0, 0.05) is 24.0 Å². The van der Waals surface area contributed by atoms with Crippen molar-refractivity contribution in [2.75, 3.05) is 6.61 Å². The topological polar surface area (TPSA) is 83.3 Å². The fraction of sp³-hybridized carbons (Fsp3) is 0.333. The van der Waals surface area contributed by atoms with E-state index in [9.17, 15) is 17.2 Å². The van der Waals surface area contributed by atoms with Gasteiger partial charge in [0.1, 0.15) is 24.3 Å². The van der Waals surface area contributed by atoms with Gasteiger partial charge in [0.25, 0.3) is 10.1 Å². The maximum absolute atomic E-state index is 14.7. The molecule has 1 saturated heterocycles. The van der Waals surface area contributed by atoms with Crippen molar-refractivity contribution in [3.63, 3.8) is 0 Å². The first-order chi connectivity index (χ1) is 14.7. The molecule has 1 aliphatic heterocycles. The third kappa shape index (κ3) is 4.10. The highest BCUT2D eigenvalue weighted by atomic mass is 32.2. The molecule has 4 rings (SSSR count). The van der Waals surface area contributed by atoms with E-state index in [4.69, 9.17) is 8.92 Å². The van der Waals surface area contributed by atoms with Crippen molar-refractivity contribution in [3.05, 3.63) is 77.9 Å². The highest BCUT2D eigenvalue weighted by Gasteiger charge is 2.50. The molecular weight excluding hydrogens is 428 g/mol. The summed E-state index contributed by atoms with van der Waals surface area (Å²) in [5, 5.41) is 4.11. The SMILES string of the molecule is Cc1ccc(S(=O)(=O)OC[C@@H]2C[C@@](c3ccc(F)cc3F)(n3cncn3)O[C@@H]2C)cc1. The van der Waals surface area contributed by atoms with Gasteiger partial charge in [0.15, 0.2) is 5.72 Å². The second kappa shape index (κ2) is 8.10. The Morgan fingerprint density at radius 2 is 1.97 bits per heavy atom. The van der Waals surface area contributed by atoms with Crippen LogP contribution in [0.5, 0.6) is 0 Å². The molecule has 3 aromatic rings. The first kappa shape index (κ1) is 21.5. The average molecular weight is 449 g/mol. The Bertz CT molecular complexity index is 1170. The lowest BCUT2D eigenvalue weighted by Crippen LogP contribution is -2.36. The molecule has 2 aromatic carbocycles. The van der Waals surface area contributed by atoms with E-state index < -0.39 is 39.5 Å². The molecule has 164 valence electrons. The Labute approximate surface area is 178 Å². The van der Waals surface area contributed by atoms with Crippen LogP contribution in [0.3, 0.4) is 0 Å². The number of hydrogen-bond acceptors (Lipinski definition) is 6. The highest BCUT2D eigenvalue weighted by molar-refractivity contribution is 7.86. The predicted octanol–water partition coefficient (Wildman–Crippen LogP) is 3.40. The molecule has 0 saturated carbocycles. The summed E-state index contributed by atoms with van der Waals surface area (Å²) in [6, 6.07) is 9.53. The van der Waals surface area contributed by atoms with Crippen molar-refractivity contribution in [1.29, 1.82) is 0 Å². The van der Waals surface area contributed by atoms with Crippen LogP contribution in [0.4, 0.5) is 8.78 Å². The molecule has 0 spiro atoms. The number of halogens is 2. The quantitative estimate of drug-likeness (QED) is 0.537. The second-order valence-corrected chi connectivity index (χ2v) is 9.20. The van der Waals surface area contributed by atoms with Crippen LogP contribution in [0.1, 0.15) is 24.5 Å². The van der Waals surface area contributed by atoms with E-state index in [1.165, 1.54) is 35.5 Å². The zero-order valence-electron chi connectivity index (χ0n) is 16.9. The lowest BCUT2D eigenvalue weighted by molar-refractivity contribution is -0.0740. The van der Waals surface area contributed by atoms with Gasteiger partial charge in [-0.1, -0.05) is 17.7 Å². The second-order valence-electron chi connectivity index (χ2n) is 7.59. The Morgan fingerprint density at radius 1 is 1.23 bits per heavy atom. The maximum Gasteiger partial charge on any atom is 0.296 e. The molecule has 0 aliphatic carbocycles. The minimum Gasteiger partial charge on any atom is -0.346 e. The number of aryl methyl sites for hydroxylation is 1. The van der Waals surface area contributed by atoms with Gasteiger partial charge in [-0.05, 0) is 38.1 Å². The minimum atomic E-state index is -3.97. The largest absolute Gasteiger partial charge is 0.346 e. The summed E-state index contributed by atoms with van der Waals surface area (Å²) < 4.78 is 66.1. The van der Waals surface area contributed by atoms with Gasteiger partial charge in [0.2, 0.25) is 0 Å². The summed E-state index contributed by atoms with van der Waals surface area (Å²) >= 11 is 0. The average Bonchev–Trinajstić information content (AvgIpc) is 3.36. The molecular formula is C21H21F2N3O4S. The van der Waals surface area contributed by atoms with E-state index in [1.54, 1.807) is 19.1 Å². The molecule has 0 N–H and O–H groups in total. The van der Waals surface area contributed by atoms with Gasteiger partial charge in [-0.15, -0.1) is 0 Å². The molecule has 1 aliphatic rings. The van der Waals surface area contributed by atoms with Crippen LogP contribution in [-0.2, 0) is 24.8 Å². The van der Waals surface area contributed by atoms with Crippen LogP contribution < -0.4 is 0 Å². The number of aromatic nitrogens is 3. The third-order valence-corrected chi connectivity index (χ3v) is 6.77.